The van der Waals surface area contributed by atoms with E-state index in [0.29, 0.717) is 4.83 Å². The van der Waals surface area contributed by atoms with E-state index in [9.17, 15) is 0 Å². The maximum Gasteiger partial charge on any atom is 0.0705 e. The summed E-state index contributed by atoms with van der Waals surface area (Å²) in [5, 5.41) is 1.20. The molecule has 2 aromatic rings. The molecule has 0 radical (unpaired) electrons. The van der Waals surface area contributed by atoms with Crippen molar-refractivity contribution in [1.29, 1.82) is 0 Å². The molecular weight excluding hydrogens is 314 g/mol. The highest BCUT2D eigenvalue weighted by Crippen LogP contribution is 2.40. The number of fused-ring (bicyclic) bond motifs is 1. The Morgan fingerprint density at radius 1 is 1.25 bits per heavy atom. The van der Waals surface area contributed by atoms with Crippen molar-refractivity contribution >= 4 is 26.8 Å². The molecule has 0 bridgehead atoms. The van der Waals surface area contributed by atoms with Crippen molar-refractivity contribution in [2.75, 3.05) is 7.11 Å². The van der Waals surface area contributed by atoms with Crippen LogP contribution in [0.5, 0.6) is 0 Å². The van der Waals surface area contributed by atoms with E-state index in [4.69, 9.17) is 9.72 Å². The van der Waals surface area contributed by atoms with Gasteiger partial charge in [-0.2, -0.15) is 0 Å². The summed E-state index contributed by atoms with van der Waals surface area (Å²) in [5.41, 5.74) is 2.34. The smallest absolute Gasteiger partial charge is 0.0705 e. The van der Waals surface area contributed by atoms with Gasteiger partial charge in [0, 0.05) is 29.4 Å². The Bertz CT molecular complexity index is 589. The predicted molar refractivity (Wildman–Crippen MR) is 86.4 cm³/mol. The molecule has 1 saturated carbocycles. The van der Waals surface area contributed by atoms with Crippen molar-refractivity contribution in [2.24, 2.45) is 0 Å². The van der Waals surface area contributed by atoms with Gasteiger partial charge in [-0.15, -0.1) is 0 Å². The molecule has 3 rings (SSSR count). The van der Waals surface area contributed by atoms with Crippen LogP contribution in [0.1, 0.15) is 31.4 Å². The SMILES string of the molecule is COC1(CC(Br)Cc2ccc3ccccc3n2)CCC1. The Morgan fingerprint density at radius 3 is 2.75 bits per heavy atom. The van der Waals surface area contributed by atoms with Crippen molar-refractivity contribution in [1.82, 2.24) is 4.98 Å². The minimum absolute atomic E-state index is 0.116. The van der Waals surface area contributed by atoms with Gasteiger partial charge in [0.05, 0.1) is 11.1 Å². The topological polar surface area (TPSA) is 22.1 Å². The second-order valence-electron chi connectivity index (χ2n) is 5.74. The molecule has 0 saturated heterocycles. The molecule has 106 valence electrons. The summed E-state index contributed by atoms with van der Waals surface area (Å²) in [6, 6.07) is 12.6. The minimum Gasteiger partial charge on any atom is -0.378 e. The number of ether oxygens (including phenoxy) is 1. The largest absolute Gasteiger partial charge is 0.378 e. The van der Waals surface area contributed by atoms with Crippen LogP contribution in [-0.2, 0) is 11.2 Å². The first-order chi connectivity index (χ1) is 9.71. The highest BCUT2D eigenvalue weighted by molar-refractivity contribution is 9.09. The van der Waals surface area contributed by atoms with Crippen LogP contribution in [0.4, 0.5) is 0 Å². The molecule has 0 N–H and O–H groups in total. The number of methoxy groups -OCH3 is 1. The van der Waals surface area contributed by atoms with Gasteiger partial charge in [-0.25, -0.2) is 0 Å². The molecule has 0 amide bonds. The number of alkyl halides is 1. The Kier molecular flexibility index (Phi) is 4.08. The van der Waals surface area contributed by atoms with E-state index in [2.05, 4.69) is 46.3 Å². The lowest BCUT2D eigenvalue weighted by molar-refractivity contribution is -0.0771. The highest BCUT2D eigenvalue weighted by Gasteiger charge is 2.38. The maximum absolute atomic E-state index is 5.70. The van der Waals surface area contributed by atoms with Gasteiger partial charge in [0.2, 0.25) is 0 Å². The van der Waals surface area contributed by atoms with E-state index in [1.54, 1.807) is 0 Å². The highest BCUT2D eigenvalue weighted by atomic mass is 79.9. The third kappa shape index (κ3) is 2.89. The van der Waals surface area contributed by atoms with E-state index < -0.39 is 0 Å². The number of benzene rings is 1. The zero-order valence-corrected chi connectivity index (χ0v) is 13.4. The number of para-hydroxylation sites is 1. The number of hydrogen-bond donors (Lipinski definition) is 0. The van der Waals surface area contributed by atoms with Crippen LogP contribution in [-0.4, -0.2) is 22.5 Å². The van der Waals surface area contributed by atoms with Crippen LogP contribution in [0.3, 0.4) is 0 Å². The number of aromatic nitrogens is 1. The number of nitrogens with zero attached hydrogens (tertiary/aromatic N) is 1. The second-order valence-corrected chi connectivity index (χ2v) is 7.04. The van der Waals surface area contributed by atoms with Gasteiger partial charge in [0.15, 0.2) is 0 Å². The Morgan fingerprint density at radius 2 is 2.05 bits per heavy atom. The molecule has 20 heavy (non-hydrogen) atoms. The monoisotopic (exact) mass is 333 g/mol. The van der Waals surface area contributed by atoms with Crippen LogP contribution >= 0.6 is 15.9 Å². The quantitative estimate of drug-likeness (QED) is 0.751. The molecule has 1 aromatic carbocycles. The van der Waals surface area contributed by atoms with E-state index in [1.165, 1.54) is 24.6 Å². The minimum atomic E-state index is 0.116. The third-order valence-corrected chi connectivity index (χ3v) is 5.03. The van der Waals surface area contributed by atoms with Gasteiger partial charge < -0.3 is 4.74 Å². The molecule has 1 aliphatic rings. The van der Waals surface area contributed by atoms with Crippen molar-refractivity contribution in [2.45, 2.75) is 42.5 Å². The fraction of sp³-hybridized carbons (Fsp3) is 0.471. The first kappa shape index (κ1) is 14.0. The van der Waals surface area contributed by atoms with Crippen molar-refractivity contribution < 1.29 is 4.74 Å². The third-order valence-electron chi connectivity index (χ3n) is 4.38. The summed E-state index contributed by atoms with van der Waals surface area (Å²) in [5.74, 6) is 0. The van der Waals surface area contributed by atoms with E-state index in [1.807, 2.05) is 13.2 Å². The summed E-state index contributed by atoms with van der Waals surface area (Å²) >= 11 is 3.81. The van der Waals surface area contributed by atoms with E-state index in [0.717, 1.165) is 24.1 Å². The summed E-state index contributed by atoms with van der Waals surface area (Å²) in [6.45, 7) is 0. The lowest BCUT2D eigenvalue weighted by atomic mass is 9.76. The molecule has 1 heterocycles. The Hall–Kier alpha value is -0.930. The standard InChI is InChI=1S/C17H20BrNO/c1-20-17(9-4-10-17)12-14(18)11-15-8-7-13-5-2-3-6-16(13)19-15/h2-3,5-8,14H,4,9-12H2,1H3. The summed E-state index contributed by atoms with van der Waals surface area (Å²) < 4.78 is 5.70. The van der Waals surface area contributed by atoms with Crippen molar-refractivity contribution in [3.05, 3.63) is 42.1 Å². The number of hydrogen-bond acceptors (Lipinski definition) is 2. The van der Waals surface area contributed by atoms with Crippen LogP contribution in [0, 0.1) is 0 Å². The lowest BCUT2D eigenvalue weighted by Crippen LogP contribution is -2.41. The number of halogens is 1. The first-order valence-corrected chi connectivity index (χ1v) is 8.16. The molecule has 3 heteroatoms. The second kappa shape index (κ2) is 5.82. The molecular formula is C17H20BrNO. The molecule has 1 fully saturated rings. The van der Waals surface area contributed by atoms with Crippen molar-refractivity contribution in [3.8, 4) is 0 Å². The maximum atomic E-state index is 5.70. The number of rotatable bonds is 5. The predicted octanol–water partition coefficient (Wildman–Crippen LogP) is 4.50. The fourth-order valence-electron chi connectivity index (χ4n) is 2.99. The molecule has 2 nitrogen and oxygen atoms in total. The van der Waals surface area contributed by atoms with E-state index >= 15 is 0 Å². The van der Waals surface area contributed by atoms with Crippen LogP contribution in [0.25, 0.3) is 10.9 Å². The number of pyridine rings is 1. The van der Waals surface area contributed by atoms with E-state index in [-0.39, 0.29) is 5.60 Å². The summed E-state index contributed by atoms with van der Waals surface area (Å²) in [6.07, 6.45) is 5.70. The molecule has 0 aliphatic heterocycles. The summed E-state index contributed by atoms with van der Waals surface area (Å²) in [4.78, 5) is 5.17. The average Bonchev–Trinajstić information content (AvgIpc) is 2.43. The van der Waals surface area contributed by atoms with Gasteiger partial charge in [-0.3, -0.25) is 4.98 Å². The van der Waals surface area contributed by atoms with Crippen LogP contribution < -0.4 is 0 Å². The van der Waals surface area contributed by atoms with Gasteiger partial charge >= 0.3 is 0 Å². The average molecular weight is 334 g/mol. The normalized spacial score (nSPS) is 18.7. The van der Waals surface area contributed by atoms with Crippen LogP contribution in [0.15, 0.2) is 36.4 Å². The molecule has 1 aliphatic carbocycles. The zero-order valence-electron chi connectivity index (χ0n) is 11.8. The molecule has 1 aromatic heterocycles. The first-order valence-electron chi connectivity index (χ1n) is 7.25. The lowest BCUT2D eigenvalue weighted by Gasteiger charge is -2.41. The van der Waals surface area contributed by atoms with Gasteiger partial charge in [-0.1, -0.05) is 40.2 Å². The molecule has 0 spiro atoms. The van der Waals surface area contributed by atoms with Gasteiger partial charge in [0.1, 0.15) is 0 Å². The zero-order chi connectivity index (χ0) is 14.0. The molecule has 1 unspecified atom stereocenters. The van der Waals surface area contributed by atoms with Crippen molar-refractivity contribution in [3.63, 3.8) is 0 Å². The fourth-order valence-corrected chi connectivity index (χ4v) is 3.91. The van der Waals surface area contributed by atoms with Gasteiger partial charge in [-0.05, 0) is 37.8 Å². The summed E-state index contributed by atoms with van der Waals surface area (Å²) in [7, 11) is 1.84. The Labute approximate surface area is 128 Å². The molecule has 1 atom stereocenters. The Balaban J connectivity index is 1.69. The van der Waals surface area contributed by atoms with Gasteiger partial charge in [0.25, 0.3) is 0 Å². The van der Waals surface area contributed by atoms with Crippen LogP contribution in [0.2, 0.25) is 0 Å².